The topological polar surface area (TPSA) is 71.2 Å². The van der Waals surface area contributed by atoms with Gasteiger partial charge in [-0.2, -0.15) is 0 Å². The molecule has 0 aliphatic carbocycles. The van der Waals surface area contributed by atoms with Gasteiger partial charge in [-0.3, -0.25) is 0 Å². The Kier molecular flexibility index (Phi) is 3.46. The zero-order valence-corrected chi connectivity index (χ0v) is 9.78. The number of benzene rings is 1. The van der Waals surface area contributed by atoms with E-state index in [1.165, 1.54) is 0 Å². The molecule has 0 atom stereocenters. The summed E-state index contributed by atoms with van der Waals surface area (Å²) in [5, 5.41) is 12.9. The number of nitrogens with two attached hydrogens (primary N) is 1. The maximum atomic E-state index is 9.37. The number of aromatic nitrogens is 1. The summed E-state index contributed by atoms with van der Waals surface area (Å²) in [7, 11) is 0. The number of phenols is 1. The van der Waals surface area contributed by atoms with Crippen LogP contribution >= 0.6 is 11.6 Å². The highest BCUT2D eigenvalue weighted by atomic mass is 35.5. The summed E-state index contributed by atoms with van der Waals surface area (Å²) < 4.78 is 0. The highest BCUT2D eigenvalue weighted by Gasteiger charge is 2.04. The van der Waals surface area contributed by atoms with E-state index in [2.05, 4.69) is 10.3 Å². The molecule has 0 aliphatic rings. The molecule has 1 aromatic heterocycles. The Morgan fingerprint density at radius 1 is 1.35 bits per heavy atom. The minimum Gasteiger partial charge on any atom is -0.508 e. The maximum absolute atomic E-state index is 9.37. The fraction of sp³-hybridized carbons (Fsp3) is 0.0833. The second kappa shape index (κ2) is 5.03. The first-order valence-electron chi connectivity index (χ1n) is 5.09. The number of nitrogens with zero attached hydrogens (tertiary/aromatic N) is 1. The Morgan fingerprint density at radius 2 is 2.18 bits per heavy atom. The lowest BCUT2D eigenvalue weighted by molar-refractivity contribution is 0.475. The van der Waals surface area contributed by atoms with Gasteiger partial charge in [-0.05, 0) is 18.2 Å². The summed E-state index contributed by atoms with van der Waals surface area (Å²) >= 11 is 5.83. The predicted octanol–water partition coefficient (Wildman–Crippen LogP) is 2.64. The van der Waals surface area contributed by atoms with Crippen molar-refractivity contribution in [2.75, 3.05) is 5.32 Å². The lowest BCUT2D eigenvalue weighted by atomic mass is 10.2. The second-order valence-electron chi connectivity index (χ2n) is 3.54. The van der Waals surface area contributed by atoms with Gasteiger partial charge >= 0.3 is 0 Å². The lowest BCUT2D eigenvalue weighted by Gasteiger charge is -2.11. The van der Waals surface area contributed by atoms with Gasteiger partial charge in [-0.25, -0.2) is 4.98 Å². The molecule has 5 heteroatoms. The molecular weight excluding hydrogens is 238 g/mol. The average molecular weight is 250 g/mol. The predicted molar refractivity (Wildman–Crippen MR) is 68.5 cm³/mol. The number of pyridine rings is 1. The Hall–Kier alpha value is -1.78. The van der Waals surface area contributed by atoms with Gasteiger partial charge in [0.25, 0.3) is 0 Å². The molecule has 2 aromatic rings. The SMILES string of the molecule is NCc1cnc(Cl)cc1Nc1cccc(O)c1. The normalized spacial score (nSPS) is 10.2. The number of aromatic hydroxyl groups is 1. The molecular formula is C12H12ClN3O. The fourth-order valence-electron chi connectivity index (χ4n) is 1.48. The van der Waals surface area contributed by atoms with Crippen molar-refractivity contribution in [2.45, 2.75) is 6.54 Å². The molecule has 0 radical (unpaired) electrons. The van der Waals surface area contributed by atoms with Gasteiger partial charge in [0.05, 0.1) is 0 Å². The Labute approximate surface area is 104 Å². The van der Waals surface area contributed by atoms with E-state index in [-0.39, 0.29) is 5.75 Å². The summed E-state index contributed by atoms with van der Waals surface area (Å²) in [6.45, 7) is 0.366. The van der Waals surface area contributed by atoms with Crippen molar-refractivity contribution in [2.24, 2.45) is 5.73 Å². The van der Waals surface area contributed by atoms with Crippen molar-refractivity contribution in [1.29, 1.82) is 0 Å². The Balaban J connectivity index is 2.32. The molecule has 1 heterocycles. The van der Waals surface area contributed by atoms with Gasteiger partial charge in [0.2, 0.25) is 0 Å². The molecule has 1 aromatic carbocycles. The fourth-order valence-corrected chi connectivity index (χ4v) is 1.63. The van der Waals surface area contributed by atoms with E-state index in [4.69, 9.17) is 17.3 Å². The highest BCUT2D eigenvalue weighted by molar-refractivity contribution is 6.29. The molecule has 0 saturated heterocycles. The maximum Gasteiger partial charge on any atom is 0.131 e. The number of rotatable bonds is 3. The summed E-state index contributed by atoms with van der Waals surface area (Å²) in [4.78, 5) is 3.97. The van der Waals surface area contributed by atoms with Crippen molar-refractivity contribution >= 4 is 23.0 Å². The van der Waals surface area contributed by atoms with Crippen LogP contribution in [-0.4, -0.2) is 10.1 Å². The van der Waals surface area contributed by atoms with Crippen LogP contribution in [0.2, 0.25) is 5.15 Å². The van der Waals surface area contributed by atoms with Gasteiger partial charge < -0.3 is 16.2 Å². The molecule has 0 amide bonds. The summed E-state index contributed by atoms with van der Waals surface area (Å²) in [6.07, 6.45) is 1.63. The van der Waals surface area contributed by atoms with E-state index >= 15 is 0 Å². The van der Waals surface area contributed by atoms with E-state index in [1.807, 2.05) is 6.07 Å². The number of halogens is 1. The highest BCUT2D eigenvalue weighted by Crippen LogP contribution is 2.24. The molecule has 4 N–H and O–H groups in total. The summed E-state index contributed by atoms with van der Waals surface area (Å²) in [5.74, 6) is 0.199. The number of hydrogen-bond acceptors (Lipinski definition) is 4. The van der Waals surface area contributed by atoms with Gasteiger partial charge in [0.15, 0.2) is 0 Å². The first kappa shape index (κ1) is 11.7. The first-order chi connectivity index (χ1) is 8.19. The molecule has 0 spiro atoms. The van der Waals surface area contributed by atoms with E-state index in [9.17, 15) is 5.11 Å². The third-order valence-electron chi connectivity index (χ3n) is 2.30. The minimum absolute atomic E-state index is 0.199. The molecule has 0 fully saturated rings. The van der Waals surface area contributed by atoms with Crippen LogP contribution in [0.5, 0.6) is 5.75 Å². The van der Waals surface area contributed by atoms with Crippen molar-refractivity contribution in [3.05, 3.63) is 47.2 Å². The van der Waals surface area contributed by atoms with Crippen molar-refractivity contribution in [1.82, 2.24) is 4.98 Å². The summed E-state index contributed by atoms with van der Waals surface area (Å²) in [6, 6.07) is 8.52. The van der Waals surface area contributed by atoms with Crippen LogP contribution in [0.15, 0.2) is 36.5 Å². The zero-order chi connectivity index (χ0) is 12.3. The molecule has 0 aliphatic heterocycles. The van der Waals surface area contributed by atoms with Crippen LogP contribution in [0.1, 0.15) is 5.56 Å². The molecule has 2 rings (SSSR count). The van der Waals surface area contributed by atoms with Crippen LogP contribution in [0.3, 0.4) is 0 Å². The zero-order valence-electron chi connectivity index (χ0n) is 9.02. The smallest absolute Gasteiger partial charge is 0.131 e. The Morgan fingerprint density at radius 3 is 2.88 bits per heavy atom. The van der Waals surface area contributed by atoms with E-state index in [0.29, 0.717) is 11.7 Å². The molecule has 0 saturated carbocycles. The minimum atomic E-state index is 0.199. The third kappa shape index (κ3) is 2.87. The van der Waals surface area contributed by atoms with Crippen LogP contribution in [0, 0.1) is 0 Å². The van der Waals surface area contributed by atoms with Crippen molar-refractivity contribution in [3.63, 3.8) is 0 Å². The first-order valence-corrected chi connectivity index (χ1v) is 5.47. The van der Waals surface area contributed by atoms with E-state index < -0.39 is 0 Å². The second-order valence-corrected chi connectivity index (χ2v) is 3.93. The van der Waals surface area contributed by atoms with E-state index in [1.54, 1.807) is 30.5 Å². The molecule has 0 unspecified atom stereocenters. The Bertz CT molecular complexity index is 531. The van der Waals surface area contributed by atoms with Gasteiger partial charge in [0.1, 0.15) is 10.9 Å². The average Bonchev–Trinajstić information content (AvgIpc) is 2.29. The monoisotopic (exact) mass is 249 g/mol. The van der Waals surface area contributed by atoms with Crippen LogP contribution in [0.25, 0.3) is 0 Å². The number of nitrogens with one attached hydrogen (secondary N) is 1. The van der Waals surface area contributed by atoms with Gasteiger partial charge in [0, 0.05) is 35.7 Å². The van der Waals surface area contributed by atoms with E-state index in [0.717, 1.165) is 16.9 Å². The van der Waals surface area contributed by atoms with Gasteiger partial charge in [-0.1, -0.05) is 17.7 Å². The lowest BCUT2D eigenvalue weighted by Crippen LogP contribution is -2.02. The van der Waals surface area contributed by atoms with Crippen molar-refractivity contribution < 1.29 is 5.11 Å². The largest absolute Gasteiger partial charge is 0.508 e. The third-order valence-corrected chi connectivity index (χ3v) is 2.50. The van der Waals surface area contributed by atoms with Crippen molar-refractivity contribution in [3.8, 4) is 5.75 Å². The number of hydrogen-bond donors (Lipinski definition) is 3. The summed E-state index contributed by atoms with van der Waals surface area (Å²) in [5.41, 5.74) is 8.03. The standard InChI is InChI=1S/C12H12ClN3O/c13-12-5-11(8(6-14)7-15-12)16-9-2-1-3-10(17)4-9/h1-5,7,17H,6,14H2,(H,15,16). The quantitative estimate of drug-likeness (QED) is 0.732. The molecule has 17 heavy (non-hydrogen) atoms. The number of phenolic OH excluding ortho intramolecular Hbond substituents is 1. The number of anilines is 2. The van der Waals surface area contributed by atoms with Crippen LogP contribution in [-0.2, 0) is 6.54 Å². The van der Waals surface area contributed by atoms with Crippen LogP contribution < -0.4 is 11.1 Å². The molecule has 88 valence electrons. The molecule has 4 nitrogen and oxygen atoms in total. The van der Waals surface area contributed by atoms with Crippen LogP contribution in [0.4, 0.5) is 11.4 Å². The molecule has 0 bridgehead atoms. The van der Waals surface area contributed by atoms with Gasteiger partial charge in [-0.15, -0.1) is 0 Å².